The molecule has 2 aliphatic carbocycles. The SMILES string of the molecule is CC.CC1CC2CC(C3CCC(c4cc(F)c(C(F)(F)Oc5cc(F)c(F)c(F)c5)c(F)c4)CO3)CC2C1. The van der Waals surface area contributed by atoms with Crippen molar-refractivity contribution in [2.24, 2.45) is 23.7 Å². The summed E-state index contributed by atoms with van der Waals surface area (Å²) in [6.07, 6.45) is 1.68. The fourth-order valence-corrected chi connectivity index (χ4v) is 6.57. The first-order chi connectivity index (χ1) is 18.0. The molecule has 2 nitrogen and oxygen atoms in total. The van der Waals surface area contributed by atoms with Crippen molar-refractivity contribution in [2.45, 2.75) is 77.4 Å². The highest BCUT2D eigenvalue weighted by Crippen LogP contribution is 2.51. The summed E-state index contributed by atoms with van der Waals surface area (Å²) in [5.41, 5.74) is -1.50. The number of alkyl halides is 2. The molecule has 2 aromatic carbocycles. The van der Waals surface area contributed by atoms with Crippen LogP contribution in [0.5, 0.6) is 5.75 Å². The molecular formula is C29H33F7O2. The van der Waals surface area contributed by atoms with E-state index < -0.39 is 46.5 Å². The molecule has 0 aromatic heterocycles. The smallest absolute Gasteiger partial charge is 0.429 e. The average molecular weight is 547 g/mol. The first-order valence-corrected chi connectivity index (χ1v) is 13.3. The number of benzene rings is 2. The van der Waals surface area contributed by atoms with Crippen molar-refractivity contribution in [3.05, 3.63) is 64.5 Å². The number of fused-ring (bicyclic) bond motifs is 1. The average Bonchev–Trinajstić information content (AvgIpc) is 3.40. The minimum Gasteiger partial charge on any atom is -0.429 e. The van der Waals surface area contributed by atoms with Crippen molar-refractivity contribution in [1.29, 1.82) is 0 Å². The lowest BCUT2D eigenvalue weighted by atomic mass is 9.85. The molecule has 1 heterocycles. The van der Waals surface area contributed by atoms with Crippen LogP contribution in [-0.2, 0) is 10.8 Å². The molecule has 3 aliphatic rings. The Morgan fingerprint density at radius 3 is 1.82 bits per heavy atom. The Labute approximate surface area is 218 Å². The van der Waals surface area contributed by atoms with Crippen LogP contribution in [-0.4, -0.2) is 12.7 Å². The van der Waals surface area contributed by atoms with Crippen molar-refractivity contribution < 1.29 is 40.2 Å². The van der Waals surface area contributed by atoms with Crippen LogP contribution in [0.15, 0.2) is 24.3 Å². The largest absolute Gasteiger partial charge is 0.432 e. The van der Waals surface area contributed by atoms with Crippen LogP contribution < -0.4 is 4.74 Å². The third-order valence-electron chi connectivity index (χ3n) is 8.16. The highest BCUT2D eigenvalue weighted by Gasteiger charge is 2.45. The molecule has 3 fully saturated rings. The molecule has 0 bridgehead atoms. The molecule has 9 heteroatoms. The van der Waals surface area contributed by atoms with Crippen LogP contribution in [0.3, 0.4) is 0 Å². The third-order valence-corrected chi connectivity index (χ3v) is 8.16. The van der Waals surface area contributed by atoms with Crippen LogP contribution in [0.4, 0.5) is 30.7 Å². The van der Waals surface area contributed by atoms with Gasteiger partial charge in [-0.05, 0) is 79.9 Å². The van der Waals surface area contributed by atoms with Gasteiger partial charge in [-0.3, -0.25) is 0 Å². The van der Waals surface area contributed by atoms with Gasteiger partial charge < -0.3 is 9.47 Å². The standard InChI is InChI=1S/C27H27F7O2.C2H6/c1-13-4-15-6-18(7-16(15)5-13)24-3-2-14(12-35-24)17-8-20(28)25(21(29)9-17)27(33,34)36-19-10-22(30)26(32)23(31)11-19;1-2/h8-11,13-16,18,24H,2-7,12H2,1H3;1-2H3. The molecule has 4 unspecified atom stereocenters. The highest BCUT2D eigenvalue weighted by molar-refractivity contribution is 5.33. The molecule has 0 N–H and O–H groups in total. The summed E-state index contributed by atoms with van der Waals surface area (Å²) in [7, 11) is 0. The summed E-state index contributed by atoms with van der Waals surface area (Å²) >= 11 is 0. The Morgan fingerprint density at radius 2 is 1.32 bits per heavy atom. The topological polar surface area (TPSA) is 18.5 Å². The quantitative estimate of drug-likeness (QED) is 0.276. The van der Waals surface area contributed by atoms with E-state index in [9.17, 15) is 30.7 Å². The molecule has 4 atom stereocenters. The predicted molar refractivity (Wildman–Crippen MR) is 128 cm³/mol. The molecule has 1 saturated heterocycles. The summed E-state index contributed by atoms with van der Waals surface area (Å²) in [4.78, 5) is 0. The van der Waals surface area contributed by atoms with E-state index in [0.717, 1.165) is 49.1 Å². The highest BCUT2D eigenvalue weighted by atomic mass is 19.3. The van der Waals surface area contributed by atoms with Crippen molar-refractivity contribution >= 4 is 0 Å². The Morgan fingerprint density at radius 1 is 0.763 bits per heavy atom. The van der Waals surface area contributed by atoms with Crippen LogP contribution in [0.25, 0.3) is 0 Å². The van der Waals surface area contributed by atoms with Gasteiger partial charge in [-0.25, -0.2) is 22.0 Å². The van der Waals surface area contributed by atoms with E-state index in [4.69, 9.17) is 4.74 Å². The fraction of sp³-hybridized carbons (Fsp3) is 0.586. The molecule has 5 rings (SSSR count). The lowest BCUT2D eigenvalue weighted by Gasteiger charge is -2.33. The van der Waals surface area contributed by atoms with Gasteiger partial charge in [0.25, 0.3) is 0 Å². The van der Waals surface area contributed by atoms with Gasteiger partial charge in [0.2, 0.25) is 0 Å². The molecule has 2 aromatic rings. The van der Waals surface area contributed by atoms with Gasteiger partial charge in [0.15, 0.2) is 17.5 Å². The van der Waals surface area contributed by atoms with Gasteiger partial charge in [0.05, 0.1) is 12.7 Å². The van der Waals surface area contributed by atoms with E-state index in [1.165, 1.54) is 12.8 Å². The number of hydrogen-bond acceptors (Lipinski definition) is 2. The zero-order valence-electron chi connectivity index (χ0n) is 21.7. The molecular weight excluding hydrogens is 513 g/mol. The Bertz CT molecular complexity index is 1070. The second-order valence-corrected chi connectivity index (χ2v) is 10.7. The van der Waals surface area contributed by atoms with Crippen molar-refractivity contribution in [1.82, 2.24) is 0 Å². The molecule has 210 valence electrons. The van der Waals surface area contributed by atoms with Gasteiger partial charge in [-0.2, -0.15) is 8.78 Å². The summed E-state index contributed by atoms with van der Waals surface area (Å²) in [5.74, 6) is -7.23. The van der Waals surface area contributed by atoms with Gasteiger partial charge in [-0.1, -0.05) is 20.8 Å². The molecule has 2 saturated carbocycles. The first-order valence-electron chi connectivity index (χ1n) is 13.3. The predicted octanol–water partition coefficient (Wildman–Crippen LogP) is 8.87. The Balaban J connectivity index is 0.00000164. The maximum absolute atomic E-state index is 14.7. The van der Waals surface area contributed by atoms with Gasteiger partial charge in [0, 0.05) is 18.1 Å². The van der Waals surface area contributed by atoms with E-state index in [1.54, 1.807) is 0 Å². The maximum atomic E-state index is 14.7. The number of halogens is 7. The molecule has 38 heavy (non-hydrogen) atoms. The Hall–Kier alpha value is -2.29. The molecule has 1 aliphatic heterocycles. The molecule has 0 spiro atoms. The van der Waals surface area contributed by atoms with Crippen molar-refractivity contribution in [2.75, 3.05) is 6.61 Å². The van der Waals surface area contributed by atoms with Crippen molar-refractivity contribution in [3.8, 4) is 5.75 Å². The van der Waals surface area contributed by atoms with Gasteiger partial charge in [-0.15, -0.1) is 0 Å². The van der Waals surface area contributed by atoms with Crippen LogP contribution in [0.1, 0.15) is 76.3 Å². The van der Waals surface area contributed by atoms with E-state index in [1.807, 2.05) is 13.8 Å². The van der Waals surface area contributed by atoms with Crippen molar-refractivity contribution in [3.63, 3.8) is 0 Å². The maximum Gasteiger partial charge on any atom is 0.432 e. The van der Waals surface area contributed by atoms with E-state index >= 15 is 0 Å². The minimum absolute atomic E-state index is 0.102. The monoisotopic (exact) mass is 546 g/mol. The lowest BCUT2D eigenvalue weighted by Crippen LogP contribution is -2.31. The normalized spacial score (nSPS) is 29.0. The lowest BCUT2D eigenvalue weighted by molar-refractivity contribution is -0.189. The van der Waals surface area contributed by atoms with Gasteiger partial charge in [0.1, 0.15) is 22.9 Å². The summed E-state index contributed by atoms with van der Waals surface area (Å²) < 4.78 is 109. The summed E-state index contributed by atoms with van der Waals surface area (Å²) in [5, 5.41) is 0. The molecule has 0 amide bonds. The fourth-order valence-electron chi connectivity index (χ4n) is 6.57. The van der Waals surface area contributed by atoms with E-state index in [-0.39, 0.29) is 36.3 Å². The van der Waals surface area contributed by atoms with Crippen LogP contribution >= 0.6 is 0 Å². The zero-order valence-corrected chi connectivity index (χ0v) is 21.7. The minimum atomic E-state index is -4.60. The third kappa shape index (κ3) is 5.82. The summed E-state index contributed by atoms with van der Waals surface area (Å²) in [6.45, 7) is 6.54. The van der Waals surface area contributed by atoms with E-state index in [0.29, 0.717) is 12.3 Å². The molecule has 0 radical (unpaired) electrons. The van der Waals surface area contributed by atoms with E-state index in [2.05, 4.69) is 11.7 Å². The second-order valence-electron chi connectivity index (χ2n) is 10.7. The second kappa shape index (κ2) is 11.4. The summed E-state index contributed by atoms with van der Waals surface area (Å²) in [6, 6.07) is 1.98. The number of hydrogen-bond donors (Lipinski definition) is 0. The van der Waals surface area contributed by atoms with Gasteiger partial charge >= 0.3 is 6.11 Å². The number of rotatable bonds is 5. The number of ether oxygens (including phenoxy) is 2. The zero-order chi connectivity index (χ0) is 27.8. The van der Waals surface area contributed by atoms with Crippen LogP contribution in [0, 0.1) is 52.8 Å². The first kappa shape index (κ1) is 28.7. The Kier molecular flexibility index (Phi) is 8.65. The van der Waals surface area contributed by atoms with Crippen LogP contribution in [0.2, 0.25) is 0 Å².